The maximum atomic E-state index is 13.7. The summed E-state index contributed by atoms with van der Waals surface area (Å²) in [6.45, 7) is 3.68. The summed E-state index contributed by atoms with van der Waals surface area (Å²) >= 11 is 1.21. The quantitative estimate of drug-likeness (QED) is 0.236. The number of carbonyl (C=O) groups excluding carboxylic acids is 1. The van der Waals surface area contributed by atoms with E-state index in [0.717, 1.165) is 16.3 Å². The number of nitro groups is 1. The first-order valence-electron chi connectivity index (χ1n) is 11.3. The second-order valence-electron chi connectivity index (χ2n) is 8.22. The minimum atomic E-state index is -0.717. The molecule has 0 saturated carbocycles. The molecule has 5 rings (SSSR count). The van der Waals surface area contributed by atoms with Gasteiger partial charge >= 0.3 is 5.97 Å². The van der Waals surface area contributed by atoms with Crippen LogP contribution < -0.4 is 14.9 Å². The van der Waals surface area contributed by atoms with Crippen molar-refractivity contribution in [1.82, 2.24) is 4.57 Å². The number of aromatic nitrogens is 1. The van der Waals surface area contributed by atoms with Crippen molar-refractivity contribution in [3.8, 4) is 0 Å². The van der Waals surface area contributed by atoms with Gasteiger partial charge in [0.15, 0.2) is 4.80 Å². The van der Waals surface area contributed by atoms with Crippen molar-refractivity contribution < 1.29 is 14.5 Å². The molecule has 0 spiro atoms. The third-order valence-electron chi connectivity index (χ3n) is 6.04. The maximum Gasteiger partial charge on any atom is 0.338 e. The van der Waals surface area contributed by atoms with Crippen LogP contribution in [0.3, 0.4) is 0 Å². The summed E-state index contributed by atoms with van der Waals surface area (Å²) in [7, 11) is 0. The van der Waals surface area contributed by atoms with E-state index >= 15 is 0 Å². The number of thiazole rings is 1. The summed E-state index contributed by atoms with van der Waals surface area (Å²) in [5.74, 6) is -0.513. The Hall–Kier alpha value is -4.37. The van der Waals surface area contributed by atoms with Crippen molar-refractivity contribution in [3.63, 3.8) is 0 Å². The van der Waals surface area contributed by atoms with Gasteiger partial charge in [0.05, 0.1) is 33.4 Å². The van der Waals surface area contributed by atoms with Gasteiger partial charge in [-0.05, 0) is 54.0 Å². The number of allylic oxidation sites excluding steroid dienone is 1. The molecule has 36 heavy (non-hydrogen) atoms. The molecule has 0 N–H and O–H groups in total. The van der Waals surface area contributed by atoms with Crippen LogP contribution in [-0.4, -0.2) is 22.1 Å². The van der Waals surface area contributed by atoms with E-state index in [2.05, 4.69) is 4.99 Å². The van der Waals surface area contributed by atoms with Crippen LogP contribution in [0.4, 0.5) is 5.69 Å². The molecule has 1 aromatic heterocycles. The van der Waals surface area contributed by atoms with E-state index in [0.29, 0.717) is 26.2 Å². The minimum Gasteiger partial charge on any atom is -0.463 e. The zero-order chi connectivity index (χ0) is 25.4. The van der Waals surface area contributed by atoms with Crippen LogP contribution in [0.2, 0.25) is 0 Å². The zero-order valence-electron chi connectivity index (χ0n) is 19.5. The Balaban J connectivity index is 1.75. The van der Waals surface area contributed by atoms with Gasteiger partial charge in [-0.2, -0.15) is 0 Å². The molecule has 0 bridgehead atoms. The molecule has 180 valence electrons. The molecule has 0 aliphatic carbocycles. The van der Waals surface area contributed by atoms with Crippen molar-refractivity contribution in [2.75, 3.05) is 6.61 Å². The van der Waals surface area contributed by atoms with Gasteiger partial charge in [0.25, 0.3) is 11.2 Å². The standard InChI is InChI=1S/C27H21N3O5S/c1-3-35-26(32)23-16(2)28-27-29(24(23)21-10-6-8-18-7-4-5-9-20(18)21)25(31)22(36-27)15-17-11-13-19(14-12-17)30(33)34/h4-15,24H,3H2,1-2H3/b22-15+/t24-/m1/s1. The topological polar surface area (TPSA) is 104 Å². The van der Waals surface area contributed by atoms with E-state index in [9.17, 15) is 19.7 Å². The Bertz CT molecular complexity index is 1730. The summed E-state index contributed by atoms with van der Waals surface area (Å²) in [4.78, 5) is 42.4. The van der Waals surface area contributed by atoms with Gasteiger partial charge < -0.3 is 4.74 Å². The average Bonchev–Trinajstić information content (AvgIpc) is 3.17. The van der Waals surface area contributed by atoms with Gasteiger partial charge in [-0.15, -0.1) is 0 Å². The minimum absolute atomic E-state index is 0.0285. The molecule has 2 heterocycles. The third kappa shape index (κ3) is 4.03. The highest BCUT2D eigenvalue weighted by Gasteiger charge is 2.34. The number of hydrogen-bond donors (Lipinski definition) is 0. The summed E-state index contributed by atoms with van der Waals surface area (Å²) in [5.41, 5.74) is 1.93. The monoisotopic (exact) mass is 499 g/mol. The lowest BCUT2D eigenvalue weighted by molar-refractivity contribution is -0.384. The van der Waals surface area contributed by atoms with Crippen LogP contribution in [0, 0.1) is 10.1 Å². The number of ether oxygens (including phenoxy) is 1. The Morgan fingerprint density at radius 2 is 1.86 bits per heavy atom. The Morgan fingerprint density at radius 1 is 1.14 bits per heavy atom. The molecule has 0 saturated heterocycles. The molecule has 0 unspecified atom stereocenters. The fraction of sp³-hybridized carbons (Fsp3) is 0.148. The number of esters is 1. The predicted octanol–water partition coefficient (Wildman–Crippen LogP) is 3.86. The van der Waals surface area contributed by atoms with Crippen molar-refractivity contribution in [2.45, 2.75) is 19.9 Å². The number of hydrogen-bond acceptors (Lipinski definition) is 7. The van der Waals surface area contributed by atoms with Crippen LogP contribution >= 0.6 is 11.3 Å². The number of nitro benzene ring substituents is 1. The van der Waals surface area contributed by atoms with Gasteiger partial charge in [-0.25, -0.2) is 9.79 Å². The normalized spacial score (nSPS) is 15.5. The Kier molecular flexibility index (Phi) is 6.07. The third-order valence-corrected chi connectivity index (χ3v) is 7.02. The van der Waals surface area contributed by atoms with Gasteiger partial charge in [0, 0.05) is 12.1 Å². The SMILES string of the molecule is CCOC(=O)C1=C(C)N=c2s/c(=C/c3ccc([N+](=O)[O-])cc3)c(=O)n2[C@@H]1c1cccc2ccccc12. The summed E-state index contributed by atoms with van der Waals surface area (Å²) in [6, 6.07) is 18.9. The van der Waals surface area contributed by atoms with Crippen LogP contribution in [-0.2, 0) is 9.53 Å². The predicted molar refractivity (Wildman–Crippen MR) is 137 cm³/mol. The van der Waals surface area contributed by atoms with E-state index in [4.69, 9.17) is 4.74 Å². The number of non-ortho nitro benzene ring substituents is 1. The fourth-order valence-electron chi connectivity index (χ4n) is 4.42. The molecular formula is C27H21N3O5S. The van der Waals surface area contributed by atoms with Crippen LogP contribution in [0.1, 0.15) is 31.0 Å². The molecule has 3 aromatic carbocycles. The van der Waals surface area contributed by atoms with E-state index in [1.54, 1.807) is 36.6 Å². The first-order valence-corrected chi connectivity index (χ1v) is 12.1. The van der Waals surface area contributed by atoms with Gasteiger partial charge in [-0.3, -0.25) is 19.5 Å². The molecule has 8 nitrogen and oxygen atoms in total. The summed E-state index contributed by atoms with van der Waals surface area (Å²) < 4.78 is 7.32. The van der Waals surface area contributed by atoms with Gasteiger partial charge in [0.1, 0.15) is 0 Å². The second-order valence-corrected chi connectivity index (χ2v) is 9.23. The smallest absolute Gasteiger partial charge is 0.338 e. The number of nitrogens with zero attached hydrogens (tertiary/aromatic N) is 3. The molecule has 1 aliphatic rings. The van der Waals surface area contributed by atoms with E-state index in [1.807, 2.05) is 42.5 Å². The van der Waals surface area contributed by atoms with Crippen molar-refractivity contribution >= 4 is 39.8 Å². The number of rotatable bonds is 5. The average molecular weight is 500 g/mol. The highest BCUT2D eigenvalue weighted by atomic mass is 32.1. The van der Waals surface area contributed by atoms with Crippen LogP contribution in [0.5, 0.6) is 0 Å². The highest BCUT2D eigenvalue weighted by molar-refractivity contribution is 7.07. The molecule has 0 fully saturated rings. The van der Waals surface area contributed by atoms with Crippen LogP contribution in [0.25, 0.3) is 16.8 Å². The first-order chi connectivity index (χ1) is 17.4. The maximum absolute atomic E-state index is 13.7. The molecule has 9 heteroatoms. The van der Waals surface area contributed by atoms with Crippen LogP contribution in [0.15, 0.2) is 87.8 Å². The van der Waals surface area contributed by atoms with E-state index in [1.165, 1.54) is 23.5 Å². The zero-order valence-corrected chi connectivity index (χ0v) is 20.3. The summed E-state index contributed by atoms with van der Waals surface area (Å²) in [5, 5.41) is 12.9. The summed E-state index contributed by atoms with van der Waals surface area (Å²) in [6.07, 6.45) is 1.68. The van der Waals surface area contributed by atoms with Crippen molar-refractivity contribution in [1.29, 1.82) is 0 Å². The van der Waals surface area contributed by atoms with Crippen molar-refractivity contribution in [3.05, 3.63) is 119 Å². The van der Waals surface area contributed by atoms with Crippen molar-refractivity contribution in [2.24, 2.45) is 4.99 Å². The lowest BCUT2D eigenvalue weighted by Crippen LogP contribution is -2.40. The van der Waals surface area contributed by atoms with Gasteiger partial charge in [-0.1, -0.05) is 53.8 Å². The first kappa shape index (κ1) is 23.4. The fourth-order valence-corrected chi connectivity index (χ4v) is 5.46. The van der Waals surface area contributed by atoms with E-state index < -0.39 is 16.9 Å². The number of fused-ring (bicyclic) bond motifs is 2. The highest BCUT2D eigenvalue weighted by Crippen LogP contribution is 2.34. The molecule has 0 radical (unpaired) electrons. The Labute approximate surface area is 209 Å². The molecular weight excluding hydrogens is 478 g/mol. The lowest BCUT2D eigenvalue weighted by atomic mass is 9.91. The second kappa shape index (κ2) is 9.35. The number of benzene rings is 3. The largest absolute Gasteiger partial charge is 0.463 e. The lowest BCUT2D eigenvalue weighted by Gasteiger charge is -2.25. The Morgan fingerprint density at radius 3 is 2.58 bits per heavy atom. The van der Waals surface area contributed by atoms with E-state index in [-0.39, 0.29) is 17.9 Å². The van der Waals surface area contributed by atoms with Gasteiger partial charge in [0.2, 0.25) is 0 Å². The molecule has 1 atom stereocenters. The molecule has 0 amide bonds. The molecule has 1 aliphatic heterocycles. The molecule has 4 aromatic rings. The number of carbonyl (C=O) groups is 1.